The third-order valence-electron chi connectivity index (χ3n) is 5.06. The first-order valence-corrected chi connectivity index (χ1v) is 11.5. The van der Waals surface area contributed by atoms with Gasteiger partial charge in [0.25, 0.3) is 0 Å². The van der Waals surface area contributed by atoms with Crippen LogP contribution in [0.1, 0.15) is 42.7 Å². The number of carbonyl (C=O) groups excluding carboxylic acids is 3. The van der Waals surface area contributed by atoms with Crippen LogP contribution in [0.15, 0.2) is 53.1 Å². The van der Waals surface area contributed by atoms with E-state index in [4.69, 9.17) is 23.4 Å². The molecule has 2 heterocycles. The van der Waals surface area contributed by atoms with Gasteiger partial charge in [0, 0.05) is 18.7 Å². The van der Waals surface area contributed by atoms with Gasteiger partial charge in [0.1, 0.15) is 12.3 Å². The van der Waals surface area contributed by atoms with Crippen molar-refractivity contribution in [3.63, 3.8) is 0 Å². The molecule has 1 aromatic carbocycles. The average Bonchev–Trinajstić information content (AvgIpc) is 3.46. The summed E-state index contributed by atoms with van der Waals surface area (Å²) < 4.78 is 28.1. The fourth-order valence-corrected chi connectivity index (χ4v) is 3.24. The van der Waals surface area contributed by atoms with Gasteiger partial charge >= 0.3 is 18.0 Å². The van der Waals surface area contributed by atoms with E-state index in [0.717, 1.165) is 18.4 Å². The van der Waals surface area contributed by atoms with Gasteiger partial charge in [0.15, 0.2) is 18.4 Å². The largest absolute Gasteiger partial charge is 0.463 e. The zero-order valence-corrected chi connectivity index (χ0v) is 19.9. The molecule has 0 radical (unpaired) electrons. The van der Waals surface area contributed by atoms with E-state index >= 15 is 0 Å². The molecule has 188 valence electrons. The molecule has 0 aliphatic carbocycles. The molecule has 3 aromatic rings. The smallest absolute Gasteiger partial charge is 0.408 e. The summed E-state index contributed by atoms with van der Waals surface area (Å²) in [5.74, 6) is -1.31. The lowest BCUT2D eigenvalue weighted by atomic mass is 10.2. The van der Waals surface area contributed by atoms with Gasteiger partial charge in [0.05, 0.1) is 25.0 Å². The van der Waals surface area contributed by atoms with E-state index < -0.39 is 24.1 Å². The Balaban J connectivity index is 1.64. The Morgan fingerprint density at radius 2 is 1.86 bits per heavy atom. The normalized spacial score (nSPS) is 11.7. The standard InChI is InChI=1S/C25H30N2O8/c1-3-5-12-31-16-19(26-25(30)34-15-18-9-7-6-8-10-18)23(28)35-17-27-20-11-13-33-22(20)14-21(27)24(29)32-4-2/h6-11,13-14,19H,3-5,12,15-17H2,1-2H3,(H,26,30). The van der Waals surface area contributed by atoms with Gasteiger partial charge in [-0.05, 0) is 18.9 Å². The van der Waals surface area contributed by atoms with Crippen LogP contribution >= 0.6 is 0 Å². The molecule has 0 saturated carbocycles. The highest BCUT2D eigenvalue weighted by atomic mass is 16.6. The molecule has 10 nitrogen and oxygen atoms in total. The van der Waals surface area contributed by atoms with Crippen molar-refractivity contribution >= 4 is 29.1 Å². The number of fused-ring (bicyclic) bond motifs is 1. The zero-order chi connectivity index (χ0) is 25.0. The second-order valence-corrected chi connectivity index (χ2v) is 7.63. The van der Waals surface area contributed by atoms with Crippen LogP contribution in [0, 0.1) is 0 Å². The molecule has 0 aliphatic heterocycles. The lowest BCUT2D eigenvalue weighted by molar-refractivity contribution is -0.151. The number of amides is 1. The van der Waals surface area contributed by atoms with Gasteiger partial charge < -0.3 is 28.7 Å². The second kappa shape index (κ2) is 13.2. The summed E-state index contributed by atoms with van der Waals surface area (Å²) >= 11 is 0. The van der Waals surface area contributed by atoms with Gasteiger partial charge in [-0.25, -0.2) is 14.4 Å². The summed E-state index contributed by atoms with van der Waals surface area (Å²) in [6.45, 7) is 4.01. The third kappa shape index (κ3) is 7.35. The molecular weight excluding hydrogens is 456 g/mol. The van der Waals surface area contributed by atoms with Crippen molar-refractivity contribution in [2.75, 3.05) is 19.8 Å². The molecule has 0 saturated heterocycles. The molecule has 10 heteroatoms. The summed E-state index contributed by atoms with van der Waals surface area (Å²) in [7, 11) is 0. The van der Waals surface area contributed by atoms with Gasteiger partial charge in [0.2, 0.25) is 0 Å². The lowest BCUT2D eigenvalue weighted by Crippen LogP contribution is -2.45. The summed E-state index contributed by atoms with van der Waals surface area (Å²) in [5, 5.41) is 2.50. The number of benzene rings is 1. The number of furan rings is 1. The van der Waals surface area contributed by atoms with Gasteiger partial charge in [-0.1, -0.05) is 43.7 Å². The van der Waals surface area contributed by atoms with Crippen LogP contribution in [0.2, 0.25) is 0 Å². The minimum Gasteiger partial charge on any atom is -0.463 e. The molecule has 1 unspecified atom stereocenters. The quantitative estimate of drug-likeness (QED) is 0.219. The van der Waals surface area contributed by atoms with Gasteiger partial charge in [-0.2, -0.15) is 0 Å². The van der Waals surface area contributed by atoms with Gasteiger partial charge in [-0.3, -0.25) is 4.57 Å². The maximum atomic E-state index is 12.9. The Morgan fingerprint density at radius 3 is 2.60 bits per heavy atom. The minimum atomic E-state index is -1.10. The summed E-state index contributed by atoms with van der Waals surface area (Å²) in [6, 6.07) is 11.2. The van der Waals surface area contributed by atoms with E-state index in [2.05, 4.69) is 5.32 Å². The molecule has 2 aromatic heterocycles. The fraction of sp³-hybridized carbons (Fsp3) is 0.400. The van der Waals surface area contributed by atoms with Crippen molar-refractivity contribution in [1.82, 2.24) is 9.88 Å². The van der Waals surface area contributed by atoms with Gasteiger partial charge in [-0.15, -0.1) is 0 Å². The van der Waals surface area contributed by atoms with Crippen molar-refractivity contribution in [3.05, 3.63) is 60.0 Å². The molecule has 1 amide bonds. The number of hydrogen-bond acceptors (Lipinski definition) is 8. The molecule has 0 fully saturated rings. The number of ether oxygens (including phenoxy) is 4. The summed E-state index contributed by atoms with van der Waals surface area (Å²) in [5.41, 5.74) is 2.00. The van der Waals surface area contributed by atoms with Crippen LogP contribution in [0.4, 0.5) is 4.79 Å². The third-order valence-corrected chi connectivity index (χ3v) is 5.06. The fourth-order valence-electron chi connectivity index (χ4n) is 3.24. The lowest BCUT2D eigenvalue weighted by Gasteiger charge is -2.18. The van der Waals surface area contributed by atoms with Crippen LogP contribution < -0.4 is 5.32 Å². The topological polar surface area (TPSA) is 118 Å². The predicted octanol–water partition coefficient (Wildman–Crippen LogP) is 4.02. The maximum Gasteiger partial charge on any atom is 0.408 e. The number of carbonyl (C=O) groups is 3. The molecule has 1 atom stereocenters. The zero-order valence-electron chi connectivity index (χ0n) is 19.9. The first-order valence-electron chi connectivity index (χ1n) is 11.5. The predicted molar refractivity (Wildman–Crippen MR) is 126 cm³/mol. The van der Waals surface area contributed by atoms with Crippen molar-refractivity contribution < 1.29 is 37.7 Å². The highest BCUT2D eigenvalue weighted by Gasteiger charge is 2.25. The number of hydrogen-bond donors (Lipinski definition) is 1. The van der Waals surface area contributed by atoms with E-state index in [1.807, 2.05) is 37.3 Å². The van der Waals surface area contributed by atoms with Crippen LogP contribution in [0.3, 0.4) is 0 Å². The van der Waals surface area contributed by atoms with Crippen molar-refractivity contribution in [3.8, 4) is 0 Å². The molecule has 35 heavy (non-hydrogen) atoms. The number of nitrogens with zero attached hydrogens (tertiary/aromatic N) is 1. The molecule has 1 N–H and O–H groups in total. The second-order valence-electron chi connectivity index (χ2n) is 7.63. The first kappa shape index (κ1) is 25.8. The minimum absolute atomic E-state index is 0.0515. The van der Waals surface area contributed by atoms with Crippen LogP contribution in [-0.2, 0) is 37.1 Å². The van der Waals surface area contributed by atoms with E-state index in [1.54, 1.807) is 13.0 Å². The van der Waals surface area contributed by atoms with E-state index in [0.29, 0.717) is 17.7 Å². The maximum absolute atomic E-state index is 12.9. The van der Waals surface area contributed by atoms with E-state index in [-0.39, 0.29) is 32.2 Å². The Bertz CT molecular complexity index is 1110. The number of esters is 2. The Morgan fingerprint density at radius 1 is 1.06 bits per heavy atom. The number of unbranched alkanes of at least 4 members (excludes halogenated alkanes) is 1. The Hall–Kier alpha value is -3.79. The molecule has 3 rings (SSSR count). The van der Waals surface area contributed by atoms with Crippen molar-refractivity contribution in [1.29, 1.82) is 0 Å². The number of nitrogens with one attached hydrogen (secondary N) is 1. The highest BCUT2D eigenvalue weighted by Crippen LogP contribution is 2.22. The van der Waals surface area contributed by atoms with Crippen LogP contribution in [0.5, 0.6) is 0 Å². The molecular formula is C25H30N2O8. The monoisotopic (exact) mass is 486 g/mol. The number of rotatable bonds is 13. The Kier molecular flexibility index (Phi) is 9.73. The summed E-state index contributed by atoms with van der Waals surface area (Å²) in [4.78, 5) is 37.5. The number of alkyl carbamates (subject to hydrolysis) is 1. The molecule has 0 aliphatic rings. The SMILES string of the molecule is CCCCOCC(NC(=O)OCc1ccccc1)C(=O)OCn1c(C(=O)OCC)cc2occc21. The first-order chi connectivity index (χ1) is 17.0. The molecule has 0 spiro atoms. The van der Waals surface area contributed by atoms with E-state index in [9.17, 15) is 14.4 Å². The highest BCUT2D eigenvalue weighted by molar-refractivity contribution is 5.94. The number of aromatic nitrogens is 1. The van der Waals surface area contributed by atoms with Crippen LogP contribution in [0.25, 0.3) is 11.1 Å². The summed E-state index contributed by atoms with van der Waals surface area (Å²) in [6.07, 6.45) is 2.42. The molecule has 0 bridgehead atoms. The van der Waals surface area contributed by atoms with Crippen molar-refractivity contribution in [2.45, 2.75) is 46.1 Å². The Labute approximate surface area is 203 Å². The van der Waals surface area contributed by atoms with Crippen LogP contribution in [-0.4, -0.2) is 48.5 Å². The van der Waals surface area contributed by atoms with E-state index in [1.165, 1.54) is 16.9 Å². The van der Waals surface area contributed by atoms with Crippen molar-refractivity contribution in [2.24, 2.45) is 0 Å². The average molecular weight is 487 g/mol.